The van der Waals surface area contributed by atoms with E-state index in [1.54, 1.807) is 39.2 Å². The monoisotopic (exact) mass is 487 g/mol. The first kappa shape index (κ1) is 24.7. The summed E-state index contributed by atoms with van der Waals surface area (Å²) in [5, 5.41) is 54.1. The van der Waals surface area contributed by atoms with E-state index in [1.807, 2.05) is 0 Å². The molecular weight excluding hydrogens is 458 g/mol. The number of nitrogens with zero attached hydrogens (tertiary/aromatic N) is 2. The molecule has 4 rings (SSSR count). The minimum absolute atomic E-state index is 0.0150. The predicted octanol–water partition coefficient (Wildman–Crippen LogP) is -0.321. The van der Waals surface area contributed by atoms with Crippen LogP contribution in [0.2, 0.25) is 0 Å². The first-order chi connectivity index (χ1) is 16.3. The van der Waals surface area contributed by atoms with Gasteiger partial charge < -0.3 is 36.2 Å². The lowest BCUT2D eigenvalue weighted by Crippen LogP contribution is -2.63. The van der Waals surface area contributed by atoms with Gasteiger partial charge in [0.15, 0.2) is 11.4 Å². The average Bonchev–Trinajstić information content (AvgIpc) is 2.75. The number of aromatic hydroxyl groups is 1. The third-order valence-corrected chi connectivity index (χ3v) is 7.43. The number of Topliss-reactive ketones (excluding diaryl/α,β-unsaturated/α-hetero) is 2. The molecule has 0 saturated heterocycles. The van der Waals surface area contributed by atoms with Gasteiger partial charge in [0.1, 0.15) is 22.8 Å². The number of phenols is 1. The van der Waals surface area contributed by atoms with E-state index in [9.17, 15) is 39.9 Å². The number of amides is 1. The highest BCUT2D eigenvalue weighted by Gasteiger charge is 2.63. The van der Waals surface area contributed by atoms with Crippen LogP contribution in [0.1, 0.15) is 27.9 Å². The molecule has 0 fully saturated rings. The van der Waals surface area contributed by atoms with Crippen molar-refractivity contribution in [1.82, 2.24) is 4.90 Å². The third kappa shape index (κ3) is 3.19. The molecule has 0 aliphatic heterocycles. The van der Waals surface area contributed by atoms with Gasteiger partial charge in [0, 0.05) is 36.8 Å². The molecule has 35 heavy (non-hydrogen) atoms. The SMILES string of the molecule is CN(C)c1cc(CO)c(O)c2c1CC1CC3C(N(C)C)C(O)=C(C(N)=O)C(=O)C3(O)C(O)=C1C2=O. The van der Waals surface area contributed by atoms with Crippen LogP contribution < -0.4 is 10.6 Å². The number of nitrogens with two attached hydrogens (primary N) is 1. The van der Waals surface area contributed by atoms with Gasteiger partial charge in [-0.1, -0.05) is 0 Å². The second-order valence-corrected chi connectivity index (χ2v) is 9.77. The zero-order valence-corrected chi connectivity index (χ0v) is 19.9. The molecule has 188 valence electrons. The molecule has 0 saturated carbocycles. The first-order valence-corrected chi connectivity index (χ1v) is 11.1. The van der Waals surface area contributed by atoms with Crippen molar-refractivity contribution in [3.05, 3.63) is 45.4 Å². The van der Waals surface area contributed by atoms with Gasteiger partial charge in [0.25, 0.3) is 5.91 Å². The molecule has 0 spiro atoms. The molecule has 1 aromatic rings. The molecule has 1 aromatic carbocycles. The average molecular weight is 488 g/mol. The summed E-state index contributed by atoms with van der Waals surface area (Å²) >= 11 is 0. The van der Waals surface area contributed by atoms with Gasteiger partial charge in [-0.15, -0.1) is 0 Å². The lowest BCUT2D eigenvalue weighted by molar-refractivity contribution is -0.148. The topological polar surface area (TPSA) is 185 Å². The molecule has 7 N–H and O–H groups in total. The highest BCUT2D eigenvalue weighted by Crippen LogP contribution is 2.53. The van der Waals surface area contributed by atoms with Crippen LogP contribution in [-0.4, -0.2) is 87.7 Å². The van der Waals surface area contributed by atoms with E-state index < -0.39 is 70.4 Å². The van der Waals surface area contributed by atoms with Crippen LogP contribution in [0.4, 0.5) is 5.69 Å². The Hall–Kier alpha value is -3.41. The van der Waals surface area contributed by atoms with Gasteiger partial charge >= 0.3 is 0 Å². The first-order valence-electron chi connectivity index (χ1n) is 11.1. The molecule has 0 radical (unpaired) electrons. The molecule has 4 unspecified atom stereocenters. The van der Waals surface area contributed by atoms with Gasteiger partial charge in [-0.3, -0.25) is 19.3 Å². The predicted molar refractivity (Wildman–Crippen MR) is 124 cm³/mol. The van der Waals surface area contributed by atoms with Crippen molar-refractivity contribution in [3.63, 3.8) is 0 Å². The lowest BCUT2D eigenvalue weighted by Gasteiger charge is -2.50. The number of carbonyl (C=O) groups excluding carboxylic acids is 3. The number of allylic oxidation sites excluding steroid dienone is 1. The summed E-state index contributed by atoms with van der Waals surface area (Å²) < 4.78 is 0. The van der Waals surface area contributed by atoms with Crippen LogP contribution in [0.3, 0.4) is 0 Å². The number of anilines is 1. The molecule has 11 heteroatoms. The van der Waals surface area contributed by atoms with Crippen molar-refractivity contribution in [2.45, 2.75) is 31.1 Å². The maximum atomic E-state index is 13.7. The smallest absolute Gasteiger partial charge is 0.255 e. The molecule has 3 aliphatic rings. The van der Waals surface area contributed by atoms with Crippen LogP contribution in [0.5, 0.6) is 5.75 Å². The third-order valence-electron chi connectivity index (χ3n) is 7.43. The molecule has 4 atom stereocenters. The highest BCUT2D eigenvalue weighted by atomic mass is 16.3. The zero-order valence-electron chi connectivity index (χ0n) is 19.9. The Morgan fingerprint density at radius 1 is 1.17 bits per heavy atom. The van der Waals surface area contributed by atoms with Crippen LogP contribution in [0.25, 0.3) is 0 Å². The van der Waals surface area contributed by atoms with E-state index in [4.69, 9.17) is 5.73 Å². The zero-order chi connectivity index (χ0) is 26.1. The highest BCUT2D eigenvalue weighted by molar-refractivity contribution is 6.24. The number of hydrogen-bond acceptors (Lipinski definition) is 10. The van der Waals surface area contributed by atoms with Crippen molar-refractivity contribution in [2.24, 2.45) is 17.6 Å². The fraction of sp³-hybridized carbons (Fsp3) is 0.458. The number of ketones is 2. The second kappa shape index (κ2) is 8.08. The minimum atomic E-state index is -2.68. The number of carbonyl (C=O) groups is 3. The van der Waals surface area contributed by atoms with Crippen LogP contribution in [0.15, 0.2) is 28.7 Å². The second-order valence-electron chi connectivity index (χ2n) is 9.77. The summed E-state index contributed by atoms with van der Waals surface area (Å²) in [6, 6.07) is 0.536. The number of likely N-dealkylation sites (N-methyl/N-ethyl adjacent to an activating group) is 1. The van der Waals surface area contributed by atoms with E-state index in [1.165, 1.54) is 4.90 Å². The molecule has 0 bridgehead atoms. The molecular formula is C24H29N3O8. The number of aliphatic hydroxyl groups excluding tert-OH is 3. The molecule has 1 amide bonds. The number of rotatable bonds is 4. The van der Waals surface area contributed by atoms with Crippen molar-refractivity contribution < 1.29 is 39.9 Å². The standard InChI is InChI=1S/C24H29N3O8/c1-26(2)13-7-10(8-28)18(29)15-11(13)5-9-6-12-17(27(3)4)20(31)16(23(25)34)22(33)24(12,35)21(32)14(9)19(15)30/h7,9,12,17,28-29,31-32,35H,5-6,8H2,1-4H3,(H2,25,34). The maximum Gasteiger partial charge on any atom is 0.255 e. The van der Waals surface area contributed by atoms with Crippen LogP contribution in [0, 0.1) is 11.8 Å². The summed E-state index contributed by atoms with van der Waals surface area (Å²) in [4.78, 5) is 42.2. The van der Waals surface area contributed by atoms with Crippen molar-refractivity contribution >= 4 is 23.2 Å². The summed E-state index contributed by atoms with van der Waals surface area (Å²) in [6.07, 6.45) is 0.197. The number of hydrogen-bond donors (Lipinski definition) is 6. The van der Waals surface area contributed by atoms with Gasteiger partial charge in [0.2, 0.25) is 5.78 Å². The van der Waals surface area contributed by atoms with Crippen molar-refractivity contribution in [1.29, 1.82) is 0 Å². The van der Waals surface area contributed by atoms with Gasteiger partial charge in [-0.25, -0.2) is 0 Å². The van der Waals surface area contributed by atoms with E-state index in [0.717, 1.165) is 0 Å². The van der Waals surface area contributed by atoms with Gasteiger partial charge in [-0.2, -0.15) is 0 Å². The number of benzene rings is 1. The fourth-order valence-electron chi connectivity index (χ4n) is 5.87. The van der Waals surface area contributed by atoms with Crippen molar-refractivity contribution in [3.8, 4) is 5.75 Å². The molecule has 11 nitrogen and oxygen atoms in total. The van der Waals surface area contributed by atoms with Crippen LogP contribution in [-0.2, 0) is 22.6 Å². The van der Waals surface area contributed by atoms with E-state index in [2.05, 4.69) is 0 Å². The summed E-state index contributed by atoms with van der Waals surface area (Å²) in [5.41, 5.74) is 2.64. The Morgan fingerprint density at radius 3 is 2.31 bits per heavy atom. The Morgan fingerprint density at radius 2 is 1.80 bits per heavy atom. The van der Waals surface area contributed by atoms with E-state index in [0.29, 0.717) is 11.3 Å². The molecule has 0 aromatic heterocycles. The maximum absolute atomic E-state index is 13.7. The Kier molecular flexibility index (Phi) is 5.70. The number of aliphatic hydroxyl groups is 4. The Labute approximate surface area is 201 Å². The Balaban J connectivity index is 2.00. The minimum Gasteiger partial charge on any atom is -0.510 e. The van der Waals surface area contributed by atoms with E-state index in [-0.39, 0.29) is 29.5 Å². The lowest BCUT2D eigenvalue weighted by atomic mass is 9.58. The summed E-state index contributed by atoms with van der Waals surface area (Å²) in [7, 11) is 6.64. The largest absolute Gasteiger partial charge is 0.510 e. The number of fused-ring (bicyclic) bond motifs is 3. The van der Waals surface area contributed by atoms with E-state index >= 15 is 0 Å². The molecule has 3 aliphatic carbocycles. The molecule has 0 heterocycles. The summed E-state index contributed by atoms with van der Waals surface area (Å²) in [6.45, 7) is -0.539. The fourth-order valence-corrected chi connectivity index (χ4v) is 5.87. The quantitative estimate of drug-likeness (QED) is 0.308. The van der Waals surface area contributed by atoms with Crippen LogP contribution >= 0.6 is 0 Å². The normalized spacial score (nSPS) is 28.1. The van der Waals surface area contributed by atoms with Gasteiger partial charge in [0.05, 0.1) is 18.2 Å². The number of primary amides is 1. The Bertz CT molecular complexity index is 1230. The van der Waals surface area contributed by atoms with Crippen molar-refractivity contribution in [2.75, 3.05) is 33.1 Å². The summed E-state index contributed by atoms with van der Waals surface area (Å²) in [5.74, 6) is -7.05. The van der Waals surface area contributed by atoms with Gasteiger partial charge in [-0.05, 0) is 44.5 Å².